The van der Waals surface area contributed by atoms with Crippen LogP contribution in [-0.2, 0) is 0 Å². The molecule has 20 heavy (non-hydrogen) atoms. The molecule has 1 aromatic heterocycles. The van der Waals surface area contributed by atoms with Gasteiger partial charge in [-0.3, -0.25) is 0 Å². The Hall–Kier alpha value is -0.180. The van der Waals surface area contributed by atoms with Crippen LogP contribution < -0.4 is 0 Å². The van der Waals surface area contributed by atoms with E-state index in [9.17, 15) is 22.0 Å². The summed E-state index contributed by atoms with van der Waals surface area (Å²) in [4.78, 5) is 0.230. The summed E-state index contributed by atoms with van der Waals surface area (Å²) in [5.41, 5.74) is -1.07. The highest BCUT2D eigenvalue weighted by Gasteiger charge is 2.31. The van der Waals surface area contributed by atoms with Crippen molar-refractivity contribution in [1.29, 1.82) is 0 Å². The Morgan fingerprint density at radius 2 is 1.35 bits per heavy atom. The highest BCUT2D eigenvalue weighted by atomic mass is 79.9. The molecule has 1 atom stereocenters. The third-order valence-corrected chi connectivity index (χ3v) is 6.32. The number of thiophene rings is 1. The molecule has 0 saturated heterocycles. The number of hydrogen-bond donors (Lipinski definition) is 0. The number of alkyl halides is 1. The molecule has 1 aromatic carbocycles. The van der Waals surface area contributed by atoms with Crippen molar-refractivity contribution in [1.82, 2.24) is 0 Å². The Morgan fingerprint density at radius 1 is 0.900 bits per heavy atom. The van der Waals surface area contributed by atoms with Gasteiger partial charge in [0.25, 0.3) is 0 Å². The van der Waals surface area contributed by atoms with Gasteiger partial charge in [0.2, 0.25) is 5.82 Å². The fourth-order valence-corrected chi connectivity index (χ4v) is 3.94. The van der Waals surface area contributed by atoms with E-state index in [0.717, 1.165) is 11.3 Å². The number of rotatable bonds is 2. The van der Waals surface area contributed by atoms with E-state index in [4.69, 9.17) is 11.6 Å². The molecular formula is C11H2Br2ClF5S. The molecule has 0 N–H and O–H groups in total. The van der Waals surface area contributed by atoms with Gasteiger partial charge >= 0.3 is 0 Å². The summed E-state index contributed by atoms with van der Waals surface area (Å²) in [5, 5.41) is -1.49. The second kappa shape index (κ2) is 5.90. The molecular weight excluding hydrogens is 454 g/mol. The SMILES string of the molecule is Fc1c(F)c(F)c(C(Cl)c2cc(Br)c(Br)s2)c(F)c1F. The minimum Gasteiger partial charge on any atom is -0.203 e. The van der Waals surface area contributed by atoms with Gasteiger partial charge < -0.3 is 0 Å². The van der Waals surface area contributed by atoms with Gasteiger partial charge in [-0.2, -0.15) is 0 Å². The Labute approximate surface area is 135 Å². The minimum atomic E-state index is -2.21. The van der Waals surface area contributed by atoms with Crippen LogP contribution in [0.25, 0.3) is 0 Å². The third kappa shape index (κ3) is 2.63. The molecule has 1 heterocycles. The van der Waals surface area contributed by atoms with Crippen molar-refractivity contribution in [2.45, 2.75) is 5.38 Å². The summed E-state index contributed by atoms with van der Waals surface area (Å²) in [5.74, 6) is -10.1. The van der Waals surface area contributed by atoms with Gasteiger partial charge in [0.05, 0.1) is 14.7 Å². The zero-order valence-corrected chi connectivity index (χ0v) is 13.8. The maximum Gasteiger partial charge on any atom is 0.200 e. The first kappa shape index (κ1) is 16.2. The van der Waals surface area contributed by atoms with Crippen molar-refractivity contribution in [3.05, 3.63) is 53.9 Å². The molecule has 2 rings (SSSR count). The van der Waals surface area contributed by atoms with Crippen LogP contribution in [0.2, 0.25) is 0 Å². The van der Waals surface area contributed by atoms with Crippen molar-refractivity contribution in [2.75, 3.05) is 0 Å². The van der Waals surface area contributed by atoms with Gasteiger partial charge in [0.1, 0.15) is 0 Å². The van der Waals surface area contributed by atoms with Crippen LogP contribution in [0.1, 0.15) is 15.8 Å². The van der Waals surface area contributed by atoms with Gasteiger partial charge in [-0.15, -0.1) is 22.9 Å². The molecule has 0 saturated carbocycles. The monoisotopic (exact) mass is 454 g/mol. The average molecular weight is 456 g/mol. The van der Waals surface area contributed by atoms with Gasteiger partial charge in [-0.05, 0) is 37.9 Å². The molecule has 108 valence electrons. The lowest BCUT2D eigenvalue weighted by molar-refractivity contribution is 0.371. The average Bonchev–Trinajstić information content (AvgIpc) is 2.74. The maximum absolute atomic E-state index is 13.6. The van der Waals surface area contributed by atoms with Crippen LogP contribution in [0, 0.1) is 29.1 Å². The van der Waals surface area contributed by atoms with Crippen molar-refractivity contribution in [3.63, 3.8) is 0 Å². The summed E-state index contributed by atoms with van der Waals surface area (Å²) in [6.07, 6.45) is 0. The minimum absolute atomic E-state index is 0.230. The van der Waals surface area contributed by atoms with Crippen LogP contribution in [0.5, 0.6) is 0 Å². The molecule has 0 aliphatic heterocycles. The Balaban J connectivity index is 2.63. The topological polar surface area (TPSA) is 0 Å². The zero-order valence-electron chi connectivity index (χ0n) is 9.09. The lowest BCUT2D eigenvalue weighted by atomic mass is 10.1. The van der Waals surface area contributed by atoms with Crippen LogP contribution in [0.3, 0.4) is 0 Å². The summed E-state index contributed by atoms with van der Waals surface area (Å²) < 4.78 is 67.6. The van der Waals surface area contributed by atoms with E-state index in [0.29, 0.717) is 8.26 Å². The first-order valence-corrected chi connectivity index (χ1v) is 7.69. The molecule has 0 bridgehead atoms. The standard InChI is InChI=1S/C11H2Br2ClF5S/c12-2-1-3(20-11(2)13)5(14)4-6(15)8(17)10(19)9(18)7(4)16/h1,5H. The van der Waals surface area contributed by atoms with Crippen molar-refractivity contribution < 1.29 is 22.0 Å². The van der Waals surface area contributed by atoms with Gasteiger partial charge in [-0.1, -0.05) is 0 Å². The largest absolute Gasteiger partial charge is 0.203 e. The second-order valence-electron chi connectivity index (χ2n) is 3.62. The molecule has 0 nitrogen and oxygen atoms in total. The van der Waals surface area contributed by atoms with Gasteiger partial charge in [0, 0.05) is 9.35 Å². The second-order valence-corrected chi connectivity index (χ2v) is 7.31. The van der Waals surface area contributed by atoms with Crippen molar-refractivity contribution in [2.24, 2.45) is 0 Å². The molecule has 0 fully saturated rings. The normalized spacial score (nSPS) is 12.8. The molecule has 1 unspecified atom stereocenters. The maximum atomic E-state index is 13.6. The van der Waals surface area contributed by atoms with E-state index in [-0.39, 0.29) is 4.88 Å². The van der Waals surface area contributed by atoms with Gasteiger partial charge in [0.15, 0.2) is 23.3 Å². The zero-order chi connectivity index (χ0) is 15.2. The Bertz CT molecular complexity index is 639. The summed E-state index contributed by atoms with van der Waals surface area (Å²) >= 11 is 13.2. The lowest BCUT2D eigenvalue weighted by Crippen LogP contribution is -2.09. The summed E-state index contributed by atoms with van der Waals surface area (Å²) in [7, 11) is 0. The fourth-order valence-electron chi connectivity index (χ4n) is 1.47. The third-order valence-electron chi connectivity index (χ3n) is 2.41. The quantitative estimate of drug-likeness (QED) is 0.215. The number of hydrogen-bond acceptors (Lipinski definition) is 1. The highest BCUT2D eigenvalue weighted by molar-refractivity contribution is 9.13. The van der Waals surface area contributed by atoms with Crippen LogP contribution in [-0.4, -0.2) is 0 Å². The molecule has 0 amide bonds. The fraction of sp³-hybridized carbons (Fsp3) is 0.0909. The number of benzene rings is 1. The number of halogens is 8. The Morgan fingerprint density at radius 3 is 1.75 bits per heavy atom. The Kier molecular flexibility index (Phi) is 4.78. The van der Waals surface area contributed by atoms with Crippen LogP contribution >= 0.6 is 54.8 Å². The molecule has 0 spiro atoms. The molecule has 0 aliphatic carbocycles. The van der Waals surface area contributed by atoms with E-state index in [1.54, 1.807) is 0 Å². The smallest absolute Gasteiger partial charge is 0.200 e. The van der Waals surface area contributed by atoms with Crippen molar-refractivity contribution >= 4 is 54.8 Å². The summed E-state index contributed by atoms with van der Waals surface area (Å²) in [6, 6.07) is 1.43. The highest BCUT2D eigenvalue weighted by Crippen LogP contribution is 2.42. The van der Waals surface area contributed by atoms with E-state index >= 15 is 0 Å². The van der Waals surface area contributed by atoms with Crippen LogP contribution in [0.15, 0.2) is 14.3 Å². The van der Waals surface area contributed by atoms with E-state index in [2.05, 4.69) is 31.9 Å². The predicted molar refractivity (Wildman–Crippen MR) is 73.6 cm³/mol. The predicted octanol–water partition coefficient (Wildman–Crippen LogP) is 6.30. The first-order valence-electron chi connectivity index (χ1n) is 4.85. The molecule has 9 heteroatoms. The van der Waals surface area contributed by atoms with Gasteiger partial charge in [-0.25, -0.2) is 22.0 Å². The molecule has 2 aromatic rings. The summed E-state index contributed by atoms with van der Waals surface area (Å²) in [6.45, 7) is 0. The first-order chi connectivity index (χ1) is 9.25. The van der Waals surface area contributed by atoms with Crippen LogP contribution in [0.4, 0.5) is 22.0 Å². The van der Waals surface area contributed by atoms with E-state index in [1.165, 1.54) is 6.07 Å². The van der Waals surface area contributed by atoms with E-state index in [1.807, 2.05) is 0 Å². The van der Waals surface area contributed by atoms with Crippen molar-refractivity contribution in [3.8, 4) is 0 Å². The van der Waals surface area contributed by atoms with E-state index < -0.39 is 40.0 Å². The lowest BCUT2D eigenvalue weighted by Gasteiger charge is -2.12. The molecule has 0 aliphatic rings. The molecule has 0 radical (unpaired) electrons.